The van der Waals surface area contributed by atoms with Crippen molar-refractivity contribution in [2.45, 2.75) is 140 Å². The lowest BCUT2D eigenvalue weighted by atomic mass is 10.0. The van der Waals surface area contributed by atoms with Gasteiger partial charge in [0.2, 0.25) is 53.0 Å². The van der Waals surface area contributed by atoms with Crippen molar-refractivity contribution in [3.63, 3.8) is 0 Å². The van der Waals surface area contributed by atoms with Crippen molar-refractivity contribution in [3.8, 4) is 0 Å². The number of carbonyl (C=O) groups is 10. The van der Waals surface area contributed by atoms with E-state index in [1.54, 1.807) is 13.8 Å². The summed E-state index contributed by atoms with van der Waals surface area (Å²) in [7, 11) is 0. The highest BCUT2D eigenvalue weighted by molar-refractivity contribution is 6.38. The molecule has 392 valence electrons. The van der Waals surface area contributed by atoms with Gasteiger partial charge in [-0.15, -0.1) is 0 Å². The van der Waals surface area contributed by atoms with E-state index in [2.05, 4.69) is 52.5 Å². The Morgan fingerprint density at radius 1 is 0.464 bits per heavy atom. The van der Waals surface area contributed by atoms with Crippen LogP contribution in [0.4, 0.5) is 0 Å². The Labute approximate surface area is 397 Å². The molecule has 23 N–H and O–H groups in total. The molecule has 0 aliphatic rings. The van der Waals surface area contributed by atoms with Crippen LogP contribution in [0.5, 0.6) is 0 Å². The lowest BCUT2D eigenvalue weighted by Crippen LogP contribution is -2.63. The van der Waals surface area contributed by atoms with Crippen molar-refractivity contribution >= 4 is 70.9 Å². The molecule has 0 aromatic carbocycles. The number of nitrogens with one attached hydrogen (secondary N) is 8. The predicted molar refractivity (Wildman–Crippen MR) is 244 cm³/mol. The SMILES string of the molecule is CC(=O)N[C@H](C(=O)N[C@H](C(=O)N[C@@H](CO)C(=O)N[C@H](C(=O)N[C@@H](CCCN=C(N)N)C(=O)N[C@@H](CCCN=C(N)N)C(=O)C(=O)N[C@@H](CO)C(=O)N[C@@H](CC(C)C)C(N)=O)[C@@H](C)O)[C@@H](C)O)[C@@H](C)O. The predicted octanol–water partition coefficient (Wildman–Crippen LogP) is -9.78. The minimum atomic E-state index is -1.94. The van der Waals surface area contributed by atoms with Gasteiger partial charge in [-0.3, -0.25) is 57.9 Å². The Morgan fingerprint density at radius 3 is 1.22 bits per heavy atom. The summed E-state index contributed by atoms with van der Waals surface area (Å²) >= 11 is 0. The van der Waals surface area contributed by atoms with Gasteiger partial charge >= 0.3 is 0 Å². The summed E-state index contributed by atoms with van der Waals surface area (Å²) in [6.45, 7) is 5.46. The van der Waals surface area contributed by atoms with E-state index in [1.807, 2.05) is 0 Å². The molecule has 0 aliphatic carbocycles. The highest BCUT2D eigenvalue weighted by Crippen LogP contribution is 2.08. The summed E-state index contributed by atoms with van der Waals surface area (Å²) < 4.78 is 0. The third kappa shape index (κ3) is 23.7. The summed E-state index contributed by atoms with van der Waals surface area (Å²) in [6.07, 6.45) is -5.43. The van der Waals surface area contributed by atoms with E-state index in [-0.39, 0.29) is 63.0 Å². The summed E-state index contributed by atoms with van der Waals surface area (Å²) in [5, 5.41) is 68.3. The molecular formula is C39H71N15O15. The van der Waals surface area contributed by atoms with Crippen LogP contribution in [0, 0.1) is 5.92 Å². The van der Waals surface area contributed by atoms with E-state index in [4.69, 9.17) is 28.7 Å². The average molecular weight is 990 g/mol. The minimum absolute atomic E-state index is 0.0235. The number of primary amides is 1. The second-order valence-corrected chi connectivity index (χ2v) is 16.3. The van der Waals surface area contributed by atoms with Gasteiger partial charge in [-0.05, 0) is 58.8 Å². The Balaban J connectivity index is 6.60. The molecule has 11 atom stereocenters. The third-order valence-corrected chi connectivity index (χ3v) is 9.62. The van der Waals surface area contributed by atoms with Crippen LogP contribution in [0.1, 0.15) is 73.6 Å². The Hall–Kier alpha value is -6.76. The first-order valence-electron chi connectivity index (χ1n) is 21.7. The van der Waals surface area contributed by atoms with Crippen molar-refractivity contribution in [1.82, 2.24) is 42.5 Å². The monoisotopic (exact) mass is 990 g/mol. The van der Waals surface area contributed by atoms with E-state index in [9.17, 15) is 73.5 Å². The number of hydrogen-bond donors (Lipinski definition) is 18. The Morgan fingerprint density at radius 2 is 0.812 bits per heavy atom. The Kier molecular flexibility index (Phi) is 28.2. The van der Waals surface area contributed by atoms with Gasteiger partial charge in [-0.25, -0.2) is 0 Å². The first kappa shape index (κ1) is 62.2. The van der Waals surface area contributed by atoms with Crippen LogP contribution in [0.25, 0.3) is 0 Å². The molecule has 0 bridgehead atoms. The molecule has 0 saturated carbocycles. The van der Waals surface area contributed by atoms with Gasteiger partial charge in [0.1, 0.15) is 42.3 Å². The summed E-state index contributed by atoms with van der Waals surface area (Å²) in [5.74, 6) is -12.3. The number of aliphatic hydroxyl groups is 5. The van der Waals surface area contributed by atoms with Gasteiger partial charge < -0.3 is 96.7 Å². The molecule has 0 heterocycles. The summed E-state index contributed by atoms with van der Waals surface area (Å²) in [5.41, 5.74) is 26.9. The lowest BCUT2D eigenvalue weighted by Gasteiger charge is -2.28. The number of carbonyl (C=O) groups excluding carboxylic acids is 10. The van der Waals surface area contributed by atoms with Crippen LogP contribution in [-0.2, 0) is 47.9 Å². The van der Waals surface area contributed by atoms with Gasteiger partial charge in [0.05, 0.1) is 37.6 Å². The van der Waals surface area contributed by atoms with Crippen LogP contribution in [-0.4, -0.2) is 189 Å². The average Bonchev–Trinajstić information content (AvgIpc) is 3.24. The van der Waals surface area contributed by atoms with Gasteiger partial charge in [0.25, 0.3) is 5.91 Å². The van der Waals surface area contributed by atoms with Crippen LogP contribution < -0.4 is 71.2 Å². The second kappa shape index (κ2) is 31.3. The molecule has 0 saturated heterocycles. The summed E-state index contributed by atoms with van der Waals surface area (Å²) in [6, 6.07) is -13.6. The third-order valence-electron chi connectivity index (χ3n) is 9.62. The smallest absolute Gasteiger partial charge is 0.290 e. The van der Waals surface area contributed by atoms with Crippen LogP contribution in [0.3, 0.4) is 0 Å². The van der Waals surface area contributed by atoms with E-state index in [1.165, 1.54) is 0 Å². The number of rotatable bonds is 32. The fourth-order valence-corrected chi connectivity index (χ4v) is 6.04. The van der Waals surface area contributed by atoms with Gasteiger partial charge in [0, 0.05) is 20.0 Å². The molecule has 0 aromatic heterocycles. The molecular weight excluding hydrogens is 919 g/mol. The maximum Gasteiger partial charge on any atom is 0.290 e. The van der Waals surface area contributed by atoms with Crippen LogP contribution >= 0.6 is 0 Å². The van der Waals surface area contributed by atoms with Gasteiger partial charge in [-0.1, -0.05) is 13.8 Å². The number of guanidine groups is 2. The molecule has 69 heavy (non-hydrogen) atoms. The van der Waals surface area contributed by atoms with Gasteiger partial charge in [0.15, 0.2) is 11.9 Å². The number of aliphatic hydroxyl groups excluding tert-OH is 5. The molecule has 0 aliphatic heterocycles. The van der Waals surface area contributed by atoms with Crippen molar-refractivity contribution in [3.05, 3.63) is 0 Å². The van der Waals surface area contributed by atoms with Crippen LogP contribution in [0.15, 0.2) is 9.98 Å². The first-order valence-corrected chi connectivity index (χ1v) is 21.7. The molecule has 0 spiro atoms. The number of ketones is 1. The normalized spacial score (nSPS) is 15.8. The zero-order chi connectivity index (χ0) is 53.3. The van der Waals surface area contributed by atoms with Crippen molar-refractivity contribution in [2.75, 3.05) is 26.3 Å². The number of Topliss-reactive ketones (excluding diaryl/α,β-unsaturated/α-hetero) is 1. The maximum atomic E-state index is 13.9. The molecule has 0 aromatic rings. The first-order chi connectivity index (χ1) is 32.1. The van der Waals surface area contributed by atoms with Crippen molar-refractivity contribution < 1.29 is 73.5 Å². The van der Waals surface area contributed by atoms with Crippen molar-refractivity contribution in [2.24, 2.45) is 44.6 Å². The largest absolute Gasteiger partial charge is 0.394 e. The number of amides is 9. The molecule has 30 heteroatoms. The molecule has 0 rings (SSSR count). The van der Waals surface area contributed by atoms with Crippen LogP contribution in [0.2, 0.25) is 0 Å². The fourth-order valence-electron chi connectivity index (χ4n) is 6.04. The maximum absolute atomic E-state index is 13.9. The zero-order valence-electron chi connectivity index (χ0n) is 39.4. The zero-order valence-corrected chi connectivity index (χ0v) is 39.4. The number of nitrogens with two attached hydrogens (primary N) is 5. The van der Waals surface area contributed by atoms with E-state index >= 15 is 0 Å². The number of nitrogens with zero attached hydrogens (tertiary/aromatic N) is 2. The fraction of sp³-hybridized carbons (Fsp3) is 0.692. The highest BCUT2D eigenvalue weighted by Gasteiger charge is 2.37. The number of hydrogen-bond acceptors (Lipinski definition) is 17. The highest BCUT2D eigenvalue weighted by atomic mass is 16.3. The van der Waals surface area contributed by atoms with E-state index in [0.717, 1.165) is 27.7 Å². The molecule has 0 fully saturated rings. The van der Waals surface area contributed by atoms with Crippen molar-refractivity contribution in [1.29, 1.82) is 0 Å². The topological polar surface area (TPSA) is 523 Å². The second-order valence-electron chi connectivity index (χ2n) is 16.3. The molecule has 9 amide bonds. The summed E-state index contributed by atoms with van der Waals surface area (Å²) in [4.78, 5) is 138. The van der Waals surface area contributed by atoms with E-state index < -0.39 is 139 Å². The molecule has 0 radical (unpaired) electrons. The standard InChI is InChI=1S/C39H71N15O15/c1-16(2)13-23(30(40)62)50-32(64)24(14-55)52-37(69)29(61)21(9-7-11-45-38(41)42)48-31(63)22(10-8-12-46-39(43)44)49-34(66)27(18(4)58)53-33(65)25(15-56)51-35(67)28(19(5)59)54-36(68)26(17(3)57)47-20(6)60/h16-19,21-28,55-59H,7-15H2,1-6H3,(H2,40,62)(H,47,60)(H,48,63)(H,49,66)(H,50,64)(H,51,67)(H,52,69)(H,53,65)(H,54,68)(H4,41,42,45)(H4,43,44,46)/t17-,18-,19-,21+,22+,23+,24+,25+,26+,27+,28+/m1/s1. The Bertz CT molecular complexity index is 1840. The van der Waals surface area contributed by atoms with Gasteiger partial charge in [-0.2, -0.15) is 0 Å². The molecule has 0 unspecified atom stereocenters. The quantitative estimate of drug-likeness (QED) is 0.0129. The lowest BCUT2D eigenvalue weighted by molar-refractivity contribution is -0.142. The minimum Gasteiger partial charge on any atom is -0.394 e. The van der Waals surface area contributed by atoms with E-state index in [0.29, 0.717) is 0 Å². The number of aliphatic imine (C=N–C) groups is 2. The molecule has 30 nitrogen and oxygen atoms in total.